The first-order valence-corrected chi connectivity index (χ1v) is 7.01. The van der Waals surface area contributed by atoms with E-state index >= 15 is 0 Å². The molecule has 0 heterocycles. The van der Waals surface area contributed by atoms with Crippen LogP contribution in [0.4, 0.5) is 4.39 Å². The molecule has 22 heavy (non-hydrogen) atoms. The number of rotatable bonds is 6. The Balaban J connectivity index is 1.94. The molecule has 0 saturated heterocycles. The van der Waals surface area contributed by atoms with Gasteiger partial charge in [0.25, 0.3) is 5.91 Å². The molecule has 0 radical (unpaired) electrons. The van der Waals surface area contributed by atoms with Crippen molar-refractivity contribution < 1.29 is 13.9 Å². The van der Waals surface area contributed by atoms with E-state index in [0.717, 1.165) is 17.7 Å². The molecule has 5 heteroatoms. The smallest absolute Gasteiger partial charge is 0.271 e. The number of nitrogens with one attached hydrogen (secondary N) is 1. The molecule has 0 aliphatic carbocycles. The molecule has 0 fully saturated rings. The molecule has 0 spiro atoms. The number of halogens is 1. The average molecular weight is 300 g/mol. The van der Waals surface area contributed by atoms with E-state index in [9.17, 15) is 9.18 Å². The van der Waals surface area contributed by atoms with Crippen LogP contribution in [-0.2, 0) is 0 Å². The van der Waals surface area contributed by atoms with Crippen molar-refractivity contribution >= 4 is 12.1 Å². The summed E-state index contributed by atoms with van der Waals surface area (Å²) in [6.07, 6.45) is 2.46. The van der Waals surface area contributed by atoms with Crippen molar-refractivity contribution in [2.75, 3.05) is 6.61 Å². The zero-order valence-corrected chi connectivity index (χ0v) is 12.3. The van der Waals surface area contributed by atoms with E-state index in [-0.39, 0.29) is 5.82 Å². The van der Waals surface area contributed by atoms with Crippen molar-refractivity contribution in [2.45, 2.75) is 13.3 Å². The van der Waals surface area contributed by atoms with Crippen LogP contribution in [-0.4, -0.2) is 18.7 Å². The molecule has 0 aliphatic heterocycles. The third-order valence-electron chi connectivity index (χ3n) is 2.82. The Kier molecular flexibility index (Phi) is 5.65. The predicted molar refractivity (Wildman–Crippen MR) is 83.7 cm³/mol. The molecule has 2 aromatic carbocycles. The molecule has 0 bridgehead atoms. The van der Waals surface area contributed by atoms with Crippen LogP contribution in [0, 0.1) is 5.82 Å². The van der Waals surface area contributed by atoms with Crippen molar-refractivity contribution in [1.82, 2.24) is 5.43 Å². The minimum atomic E-state index is -0.394. The van der Waals surface area contributed by atoms with Crippen LogP contribution < -0.4 is 10.2 Å². The molecule has 2 rings (SSSR count). The van der Waals surface area contributed by atoms with E-state index in [1.807, 2.05) is 31.2 Å². The normalized spacial score (nSPS) is 10.6. The van der Waals surface area contributed by atoms with Gasteiger partial charge in [-0.15, -0.1) is 0 Å². The fraction of sp³-hybridized carbons (Fsp3) is 0.176. The van der Waals surface area contributed by atoms with Crippen molar-refractivity contribution in [3.8, 4) is 5.75 Å². The van der Waals surface area contributed by atoms with Crippen LogP contribution in [0.25, 0.3) is 0 Å². The van der Waals surface area contributed by atoms with Gasteiger partial charge in [0.05, 0.1) is 12.8 Å². The quantitative estimate of drug-likeness (QED) is 0.657. The van der Waals surface area contributed by atoms with Gasteiger partial charge in [-0.25, -0.2) is 9.82 Å². The lowest BCUT2D eigenvalue weighted by atomic mass is 10.2. The van der Waals surface area contributed by atoms with Crippen molar-refractivity contribution in [3.63, 3.8) is 0 Å². The van der Waals surface area contributed by atoms with Gasteiger partial charge in [-0.1, -0.05) is 19.1 Å². The Morgan fingerprint density at radius 3 is 2.77 bits per heavy atom. The van der Waals surface area contributed by atoms with Gasteiger partial charge in [-0.2, -0.15) is 5.10 Å². The first kappa shape index (κ1) is 15.7. The van der Waals surface area contributed by atoms with Crippen molar-refractivity contribution in [2.24, 2.45) is 5.10 Å². The zero-order valence-electron chi connectivity index (χ0n) is 12.3. The molecule has 0 aromatic heterocycles. The Morgan fingerprint density at radius 2 is 2.05 bits per heavy atom. The molecule has 0 aliphatic rings. The summed E-state index contributed by atoms with van der Waals surface area (Å²) in [5.74, 6) is -0.0192. The van der Waals surface area contributed by atoms with E-state index < -0.39 is 5.91 Å². The van der Waals surface area contributed by atoms with Crippen LogP contribution in [0.1, 0.15) is 29.3 Å². The Bertz CT molecular complexity index is 654. The molecule has 1 N–H and O–H groups in total. The summed E-state index contributed by atoms with van der Waals surface area (Å²) in [4.78, 5) is 11.8. The number of nitrogens with zero attached hydrogens (tertiary/aromatic N) is 1. The van der Waals surface area contributed by atoms with E-state index in [1.54, 1.807) is 0 Å². The second-order valence-electron chi connectivity index (χ2n) is 4.63. The van der Waals surface area contributed by atoms with Gasteiger partial charge < -0.3 is 4.74 Å². The van der Waals surface area contributed by atoms with Gasteiger partial charge in [0.2, 0.25) is 0 Å². The lowest BCUT2D eigenvalue weighted by Gasteiger charge is -2.04. The summed E-state index contributed by atoms with van der Waals surface area (Å²) >= 11 is 0. The number of hydrogen-bond donors (Lipinski definition) is 1. The maximum absolute atomic E-state index is 12.8. The fourth-order valence-corrected chi connectivity index (χ4v) is 1.74. The van der Waals surface area contributed by atoms with Crippen LogP contribution in [0.5, 0.6) is 5.75 Å². The van der Waals surface area contributed by atoms with Crippen LogP contribution >= 0.6 is 0 Å². The van der Waals surface area contributed by atoms with E-state index in [0.29, 0.717) is 12.2 Å². The second-order valence-corrected chi connectivity index (χ2v) is 4.63. The van der Waals surface area contributed by atoms with E-state index in [4.69, 9.17) is 4.74 Å². The second kappa shape index (κ2) is 7.93. The highest BCUT2D eigenvalue weighted by molar-refractivity contribution is 5.94. The Labute approximate surface area is 128 Å². The SMILES string of the molecule is CCCOc1cccc(/C=N\NC(=O)c2ccc(F)cc2)c1. The standard InChI is InChI=1S/C17H17FN2O2/c1-2-10-22-16-5-3-4-13(11-16)12-19-20-17(21)14-6-8-15(18)9-7-14/h3-9,11-12H,2,10H2,1H3,(H,20,21)/b19-12-. The Hall–Kier alpha value is -2.69. The topological polar surface area (TPSA) is 50.7 Å². The third kappa shape index (κ3) is 4.70. The number of carbonyl (C=O) groups is 1. The minimum absolute atomic E-state index is 0.346. The van der Waals surface area contributed by atoms with Gasteiger partial charge in [0.1, 0.15) is 11.6 Å². The highest BCUT2D eigenvalue weighted by Crippen LogP contribution is 2.12. The van der Waals surface area contributed by atoms with Gasteiger partial charge in [-0.3, -0.25) is 4.79 Å². The molecule has 0 atom stereocenters. The predicted octanol–water partition coefficient (Wildman–Crippen LogP) is 3.38. The van der Waals surface area contributed by atoms with Crippen molar-refractivity contribution in [1.29, 1.82) is 0 Å². The number of carbonyl (C=O) groups excluding carboxylic acids is 1. The number of benzene rings is 2. The van der Waals surface area contributed by atoms with Gasteiger partial charge in [-0.05, 0) is 48.4 Å². The lowest BCUT2D eigenvalue weighted by molar-refractivity contribution is 0.0955. The average Bonchev–Trinajstić information content (AvgIpc) is 2.54. The summed E-state index contributed by atoms with van der Waals surface area (Å²) in [6.45, 7) is 2.69. The molecular weight excluding hydrogens is 283 g/mol. The fourth-order valence-electron chi connectivity index (χ4n) is 1.74. The molecule has 4 nitrogen and oxygen atoms in total. The summed E-state index contributed by atoms with van der Waals surface area (Å²) in [7, 11) is 0. The minimum Gasteiger partial charge on any atom is -0.494 e. The van der Waals surface area contributed by atoms with E-state index in [2.05, 4.69) is 10.5 Å². The molecule has 0 saturated carbocycles. The lowest BCUT2D eigenvalue weighted by Crippen LogP contribution is -2.17. The van der Waals surface area contributed by atoms with Crippen molar-refractivity contribution in [3.05, 3.63) is 65.5 Å². The molecule has 1 amide bonds. The summed E-state index contributed by atoms with van der Waals surface area (Å²) in [5, 5.41) is 3.89. The maximum atomic E-state index is 12.8. The number of amides is 1. The van der Waals surface area contributed by atoms with Crippen LogP contribution in [0.2, 0.25) is 0 Å². The Morgan fingerprint density at radius 1 is 1.27 bits per heavy atom. The molecular formula is C17H17FN2O2. The van der Waals surface area contributed by atoms with Gasteiger partial charge >= 0.3 is 0 Å². The number of hydrazone groups is 1. The maximum Gasteiger partial charge on any atom is 0.271 e. The van der Waals surface area contributed by atoms with Gasteiger partial charge in [0, 0.05) is 5.56 Å². The molecule has 2 aromatic rings. The first-order chi connectivity index (χ1) is 10.7. The monoisotopic (exact) mass is 300 g/mol. The first-order valence-electron chi connectivity index (χ1n) is 7.01. The summed E-state index contributed by atoms with van der Waals surface area (Å²) < 4.78 is 18.3. The van der Waals surface area contributed by atoms with E-state index in [1.165, 1.54) is 30.5 Å². The zero-order chi connectivity index (χ0) is 15.8. The number of hydrogen-bond acceptors (Lipinski definition) is 3. The molecule has 0 unspecified atom stereocenters. The van der Waals surface area contributed by atoms with Crippen LogP contribution in [0.15, 0.2) is 53.6 Å². The largest absolute Gasteiger partial charge is 0.494 e. The highest BCUT2D eigenvalue weighted by Gasteiger charge is 2.03. The summed E-state index contributed by atoms with van der Waals surface area (Å²) in [6, 6.07) is 12.7. The number of ether oxygens (including phenoxy) is 1. The third-order valence-corrected chi connectivity index (χ3v) is 2.82. The molecule has 114 valence electrons. The highest BCUT2D eigenvalue weighted by atomic mass is 19.1. The van der Waals surface area contributed by atoms with Gasteiger partial charge in [0.15, 0.2) is 0 Å². The van der Waals surface area contributed by atoms with Crippen LogP contribution in [0.3, 0.4) is 0 Å². The summed E-state index contributed by atoms with van der Waals surface area (Å²) in [5.41, 5.74) is 3.56.